The van der Waals surface area contributed by atoms with E-state index < -0.39 is 24.9 Å². The number of sulfone groups is 2. The second kappa shape index (κ2) is 8.51. The zero-order chi connectivity index (χ0) is 21.1. The Morgan fingerprint density at radius 3 is 1.90 bits per heavy atom. The maximum Gasteiger partial charge on any atom is 0.206 e. The highest BCUT2D eigenvalue weighted by atomic mass is 32.2. The predicted octanol–water partition coefficient (Wildman–Crippen LogP) is 4.87. The normalized spacial score (nSPS) is 20.8. The van der Waals surface area contributed by atoms with Gasteiger partial charge in [0, 0.05) is 0 Å². The van der Waals surface area contributed by atoms with Crippen LogP contribution < -0.4 is 0 Å². The molecule has 0 bridgehead atoms. The van der Waals surface area contributed by atoms with Crippen LogP contribution in [0.2, 0.25) is 0 Å². The van der Waals surface area contributed by atoms with Crippen molar-refractivity contribution in [2.24, 2.45) is 0 Å². The van der Waals surface area contributed by atoms with Crippen LogP contribution in [-0.2, 0) is 19.7 Å². The molecule has 0 saturated carbocycles. The molecule has 2 aromatic carbocycles. The Kier molecular flexibility index (Phi) is 6.24. The molecule has 1 atom stereocenters. The maximum absolute atomic E-state index is 13.3. The highest BCUT2D eigenvalue weighted by Crippen LogP contribution is 2.36. The summed E-state index contributed by atoms with van der Waals surface area (Å²) < 4.78 is 53.0. The van der Waals surface area contributed by atoms with Crippen molar-refractivity contribution in [3.63, 3.8) is 0 Å². The zero-order valence-electron chi connectivity index (χ0n) is 16.1. The van der Waals surface area contributed by atoms with Crippen LogP contribution in [0.1, 0.15) is 25.7 Å². The molecule has 4 nitrogen and oxygen atoms in total. The molecule has 152 valence electrons. The zero-order valence-corrected chi connectivity index (χ0v) is 17.8. The number of hydrogen-bond donors (Lipinski definition) is 0. The fraction of sp³-hybridized carbons (Fsp3) is 0.217. The van der Waals surface area contributed by atoms with E-state index in [1.54, 1.807) is 54.6 Å². The maximum atomic E-state index is 13.3. The lowest BCUT2D eigenvalue weighted by molar-refractivity contribution is 0.575. The van der Waals surface area contributed by atoms with E-state index >= 15 is 0 Å². The van der Waals surface area contributed by atoms with Gasteiger partial charge in [0.2, 0.25) is 9.84 Å². The lowest BCUT2D eigenvalue weighted by Crippen LogP contribution is -2.25. The van der Waals surface area contributed by atoms with E-state index in [2.05, 4.69) is 13.2 Å². The van der Waals surface area contributed by atoms with E-state index in [0.717, 1.165) is 0 Å². The standard InChI is InChI=1S/C23H24O4S2/c1-18-19(2)23(29(26,27)21-14-8-4-9-15-21)17-11-5-10-16-22(18)28(24,25)20-12-6-3-7-13-20/h3-4,6-9,12-16,23H,1-2,5,10-11,17H2/b22-16+. The molecule has 0 N–H and O–H groups in total. The van der Waals surface area contributed by atoms with Crippen molar-refractivity contribution < 1.29 is 16.8 Å². The first kappa shape index (κ1) is 21.3. The fourth-order valence-corrected chi connectivity index (χ4v) is 6.89. The highest BCUT2D eigenvalue weighted by molar-refractivity contribution is 7.95. The number of hydrogen-bond acceptors (Lipinski definition) is 4. The lowest BCUT2D eigenvalue weighted by atomic mass is 10.0. The quantitative estimate of drug-likeness (QED) is 0.696. The van der Waals surface area contributed by atoms with Gasteiger partial charge in [-0.1, -0.05) is 62.1 Å². The van der Waals surface area contributed by atoms with Crippen LogP contribution >= 0.6 is 0 Å². The monoisotopic (exact) mass is 428 g/mol. The summed E-state index contributed by atoms with van der Waals surface area (Å²) in [6, 6.07) is 16.3. The Balaban J connectivity index is 2.05. The van der Waals surface area contributed by atoms with Crippen LogP contribution in [0.4, 0.5) is 0 Å². The third-order valence-electron chi connectivity index (χ3n) is 5.11. The van der Waals surface area contributed by atoms with Gasteiger partial charge < -0.3 is 0 Å². The summed E-state index contributed by atoms with van der Waals surface area (Å²) in [5.74, 6) is 0. The van der Waals surface area contributed by atoms with Crippen molar-refractivity contribution in [1.82, 2.24) is 0 Å². The lowest BCUT2D eigenvalue weighted by Gasteiger charge is -2.22. The molecular weight excluding hydrogens is 404 g/mol. The van der Waals surface area contributed by atoms with Crippen molar-refractivity contribution in [1.29, 1.82) is 0 Å². The highest BCUT2D eigenvalue weighted by Gasteiger charge is 2.34. The van der Waals surface area contributed by atoms with Gasteiger partial charge in [-0.05, 0) is 54.7 Å². The minimum Gasteiger partial charge on any atom is -0.223 e. The molecule has 0 amide bonds. The average molecular weight is 429 g/mol. The van der Waals surface area contributed by atoms with Gasteiger partial charge in [-0.2, -0.15) is 0 Å². The van der Waals surface area contributed by atoms with Crippen LogP contribution in [0.15, 0.2) is 106 Å². The van der Waals surface area contributed by atoms with Crippen LogP contribution in [-0.4, -0.2) is 22.1 Å². The van der Waals surface area contributed by atoms with Gasteiger partial charge in [-0.3, -0.25) is 0 Å². The molecule has 0 spiro atoms. The predicted molar refractivity (Wildman–Crippen MR) is 116 cm³/mol. The number of allylic oxidation sites excluding steroid dienone is 2. The molecule has 29 heavy (non-hydrogen) atoms. The number of benzene rings is 2. The van der Waals surface area contributed by atoms with E-state index in [4.69, 9.17) is 0 Å². The summed E-state index contributed by atoms with van der Waals surface area (Å²) in [5.41, 5.74) is 0.404. The first-order valence-electron chi connectivity index (χ1n) is 9.44. The molecule has 0 fully saturated rings. The van der Waals surface area contributed by atoms with Gasteiger partial charge in [-0.25, -0.2) is 16.8 Å². The van der Waals surface area contributed by atoms with E-state index in [9.17, 15) is 16.8 Å². The van der Waals surface area contributed by atoms with E-state index in [1.807, 2.05) is 0 Å². The summed E-state index contributed by atoms with van der Waals surface area (Å²) in [6.07, 6.45) is 3.90. The minimum absolute atomic E-state index is 0.0452. The molecule has 0 radical (unpaired) electrons. The van der Waals surface area contributed by atoms with Gasteiger partial charge in [0.1, 0.15) is 0 Å². The first-order chi connectivity index (χ1) is 13.8. The van der Waals surface area contributed by atoms with Gasteiger partial charge in [-0.15, -0.1) is 0 Å². The summed E-state index contributed by atoms with van der Waals surface area (Å²) in [4.78, 5) is 0.403. The molecule has 0 aromatic heterocycles. The Morgan fingerprint density at radius 1 is 0.759 bits per heavy atom. The smallest absolute Gasteiger partial charge is 0.206 e. The average Bonchev–Trinajstić information content (AvgIpc) is 2.80. The molecule has 1 aliphatic carbocycles. The summed E-state index contributed by atoms with van der Waals surface area (Å²) in [5, 5.41) is -0.912. The van der Waals surface area contributed by atoms with Gasteiger partial charge >= 0.3 is 0 Å². The van der Waals surface area contributed by atoms with E-state index in [1.165, 1.54) is 12.1 Å². The van der Waals surface area contributed by atoms with Crippen molar-refractivity contribution in [3.05, 3.63) is 95.9 Å². The third kappa shape index (κ3) is 4.28. The Labute approximate surface area is 173 Å². The third-order valence-corrected chi connectivity index (χ3v) is 9.20. The number of rotatable bonds is 4. The SMILES string of the molecule is C=C1C(=C)C(S(=O)(=O)c2ccccc2)CCCC/C=C\1S(=O)(=O)c1ccccc1. The fourth-order valence-electron chi connectivity index (χ4n) is 3.47. The second-order valence-electron chi connectivity index (χ2n) is 7.02. The van der Waals surface area contributed by atoms with E-state index in [-0.39, 0.29) is 25.8 Å². The molecule has 1 unspecified atom stereocenters. The van der Waals surface area contributed by atoms with E-state index in [0.29, 0.717) is 25.7 Å². The molecule has 2 aromatic rings. The molecule has 6 heteroatoms. The van der Waals surface area contributed by atoms with Crippen molar-refractivity contribution in [3.8, 4) is 0 Å². The molecule has 0 saturated heterocycles. The summed E-state index contributed by atoms with van der Waals surface area (Å²) >= 11 is 0. The molecule has 0 aliphatic heterocycles. The first-order valence-corrected chi connectivity index (χ1v) is 12.5. The van der Waals surface area contributed by atoms with Crippen LogP contribution in [0.25, 0.3) is 0 Å². The van der Waals surface area contributed by atoms with Crippen molar-refractivity contribution in [2.75, 3.05) is 0 Å². The second-order valence-corrected chi connectivity index (χ2v) is 11.1. The van der Waals surface area contributed by atoms with Crippen LogP contribution in [0.3, 0.4) is 0 Å². The van der Waals surface area contributed by atoms with Gasteiger partial charge in [0.15, 0.2) is 9.84 Å². The van der Waals surface area contributed by atoms with Gasteiger partial charge in [0.05, 0.1) is 19.9 Å². The van der Waals surface area contributed by atoms with Crippen molar-refractivity contribution in [2.45, 2.75) is 40.7 Å². The molecule has 0 heterocycles. The summed E-state index contributed by atoms with van der Waals surface area (Å²) in [7, 11) is -7.54. The molecular formula is C23H24O4S2. The minimum atomic E-state index is -3.83. The molecule has 3 rings (SSSR count). The Morgan fingerprint density at radius 2 is 1.31 bits per heavy atom. The topological polar surface area (TPSA) is 68.3 Å². The van der Waals surface area contributed by atoms with Crippen LogP contribution in [0.5, 0.6) is 0 Å². The Bertz CT molecular complexity index is 1140. The largest absolute Gasteiger partial charge is 0.223 e. The summed E-state index contributed by atoms with van der Waals surface area (Å²) in [6.45, 7) is 7.94. The van der Waals surface area contributed by atoms with Crippen LogP contribution in [0, 0.1) is 0 Å². The van der Waals surface area contributed by atoms with Gasteiger partial charge in [0.25, 0.3) is 0 Å². The van der Waals surface area contributed by atoms with Crippen molar-refractivity contribution >= 4 is 19.7 Å². The Hall–Kier alpha value is -2.44. The molecule has 1 aliphatic rings.